The van der Waals surface area contributed by atoms with Gasteiger partial charge in [-0.05, 0) is 61.3 Å². The zero-order chi connectivity index (χ0) is 40.1. The molecule has 9 nitrogen and oxygen atoms in total. The Kier molecular flexibility index (Phi) is 13.6. The largest absolute Gasteiger partial charge is 0.493 e. The van der Waals surface area contributed by atoms with Crippen LogP contribution in [0.5, 0.6) is 11.5 Å². The Bertz CT molecular complexity index is 1940. The molecule has 55 heavy (non-hydrogen) atoms. The summed E-state index contributed by atoms with van der Waals surface area (Å²) >= 11 is 8.10. The lowest BCUT2D eigenvalue weighted by atomic mass is 9.92. The zero-order valence-electron chi connectivity index (χ0n) is 33.7. The number of methoxy groups -OCH3 is 2. The van der Waals surface area contributed by atoms with Crippen molar-refractivity contribution in [2.24, 2.45) is 5.41 Å². The van der Waals surface area contributed by atoms with Crippen LogP contribution < -0.4 is 14.4 Å². The number of benzene rings is 3. The van der Waals surface area contributed by atoms with E-state index in [1.807, 2.05) is 65.6 Å². The summed E-state index contributed by atoms with van der Waals surface area (Å²) in [5.74, 6) is -0.0327. The van der Waals surface area contributed by atoms with Gasteiger partial charge >= 0.3 is 5.97 Å². The number of esters is 1. The molecule has 1 aromatic heterocycles. The molecule has 0 saturated heterocycles. The summed E-state index contributed by atoms with van der Waals surface area (Å²) in [6.07, 6.45) is 0.648. The number of ether oxygens (including phenoxy) is 4. The van der Waals surface area contributed by atoms with Gasteiger partial charge in [0, 0.05) is 57.9 Å². The van der Waals surface area contributed by atoms with Gasteiger partial charge < -0.3 is 28.3 Å². The standard InChI is InChI=1S/C43H55ClN2O7SSi/c1-11-51-41(48)32(22-28-16-13-12-14-17-28)36-25-45-37(54-36)24-35-40(47)46(26-43(5,6)27-52-55(9,10)42(2,3)4)33-21-20-29(44)23-31(33)38(53-35)30-18-15-19-34(49-7)39(30)50-8/h12-21,23,25,32,35,38H,11,22,24,26-27H2,1-10H3/t32?,35-,38-/m1/s1. The van der Waals surface area contributed by atoms with E-state index in [2.05, 4.69) is 47.7 Å². The molecule has 3 atom stereocenters. The molecule has 0 bridgehead atoms. The van der Waals surface area contributed by atoms with Crippen molar-refractivity contribution in [1.29, 1.82) is 0 Å². The number of nitrogens with zero attached hydrogens (tertiary/aromatic N) is 2. The van der Waals surface area contributed by atoms with Gasteiger partial charge in [0.2, 0.25) is 0 Å². The number of aromatic nitrogens is 1. The summed E-state index contributed by atoms with van der Waals surface area (Å²) in [5.41, 5.74) is 2.69. The van der Waals surface area contributed by atoms with Gasteiger partial charge in [-0.15, -0.1) is 11.3 Å². The van der Waals surface area contributed by atoms with E-state index in [4.69, 9.17) is 40.0 Å². The molecular weight excluding hydrogens is 752 g/mol. The molecule has 5 rings (SSSR count). The zero-order valence-corrected chi connectivity index (χ0v) is 36.3. The van der Waals surface area contributed by atoms with Crippen molar-refractivity contribution < 1.29 is 33.0 Å². The number of rotatable bonds is 15. The van der Waals surface area contributed by atoms with Gasteiger partial charge in [0.15, 0.2) is 19.8 Å². The molecule has 1 amide bonds. The van der Waals surface area contributed by atoms with Crippen molar-refractivity contribution in [3.8, 4) is 11.5 Å². The fraction of sp³-hybridized carbons (Fsp3) is 0.465. The van der Waals surface area contributed by atoms with Crippen LogP contribution in [0.2, 0.25) is 23.2 Å². The van der Waals surface area contributed by atoms with Crippen LogP contribution in [0.25, 0.3) is 0 Å². The first-order valence-electron chi connectivity index (χ1n) is 18.7. The van der Waals surface area contributed by atoms with E-state index in [1.165, 1.54) is 11.3 Å². The minimum Gasteiger partial charge on any atom is -0.493 e. The molecule has 0 spiro atoms. The first-order valence-corrected chi connectivity index (χ1v) is 22.8. The average Bonchev–Trinajstić information content (AvgIpc) is 3.57. The lowest BCUT2D eigenvalue weighted by Gasteiger charge is -2.40. The van der Waals surface area contributed by atoms with Gasteiger partial charge in [-0.3, -0.25) is 9.59 Å². The van der Waals surface area contributed by atoms with Crippen LogP contribution in [0, 0.1) is 5.41 Å². The highest BCUT2D eigenvalue weighted by atomic mass is 35.5. The number of anilines is 1. The number of hydrogen-bond acceptors (Lipinski definition) is 9. The molecule has 4 aromatic rings. The smallest absolute Gasteiger partial charge is 0.314 e. The molecule has 0 N–H and O–H groups in total. The van der Waals surface area contributed by atoms with Gasteiger partial charge in [0.05, 0.1) is 31.8 Å². The van der Waals surface area contributed by atoms with Gasteiger partial charge in [0.25, 0.3) is 5.91 Å². The van der Waals surface area contributed by atoms with Gasteiger partial charge in [-0.1, -0.05) is 88.7 Å². The molecule has 0 aliphatic carbocycles. The molecule has 12 heteroatoms. The fourth-order valence-electron chi connectivity index (χ4n) is 6.42. The van der Waals surface area contributed by atoms with Crippen molar-refractivity contribution in [1.82, 2.24) is 4.98 Å². The average molecular weight is 808 g/mol. The number of amides is 1. The summed E-state index contributed by atoms with van der Waals surface area (Å²) in [7, 11) is 1.09. The summed E-state index contributed by atoms with van der Waals surface area (Å²) in [6.45, 7) is 18.3. The third-order valence-electron chi connectivity index (χ3n) is 10.5. The van der Waals surface area contributed by atoms with E-state index in [1.54, 1.807) is 33.4 Å². The van der Waals surface area contributed by atoms with Crippen LogP contribution in [-0.2, 0) is 36.3 Å². The van der Waals surface area contributed by atoms with Crippen LogP contribution >= 0.6 is 22.9 Å². The fourth-order valence-corrected chi connectivity index (χ4v) is 8.83. The molecule has 0 saturated carbocycles. The maximum atomic E-state index is 15.0. The lowest BCUT2D eigenvalue weighted by Crippen LogP contribution is -2.48. The number of carbonyl (C=O) groups excluding carboxylic acids is 2. The Morgan fingerprint density at radius 3 is 2.38 bits per heavy atom. The molecule has 0 fully saturated rings. The molecule has 2 heterocycles. The van der Waals surface area contributed by atoms with Crippen molar-refractivity contribution in [3.05, 3.63) is 105 Å². The number of fused-ring (bicyclic) bond motifs is 1. The minimum atomic E-state index is -2.08. The van der Waals surface area contributed by atoms with Crippen LogP contribution in [0.15, 0.2) is 72.9 Å². The van der Waals surface area contributed by atoms with E-state index >= 15 is 4.79 Å². The van der Waals surface area contributed by atoms with Crippen molar-refractivity contribution in [2.75, 3.05) is 38.9 Å². The summed E-state index contributed by atoms with van der Waals surface area (Å²) < 4.78 is 30.8. The van der Waals surface area contributed by atoms with Crippen LogP contribution in [0.1, 0.15) is 80.1 Å². The number of carbonyl (C=O) groups is 2. The second kappa shape index (κ2) is 17.6. The normalized spacial score (nSPS) is 17.0. The molecule has 296 valence electrons. The Morgan fingerprint density at radius 2 is 1.73 bits per heavy atom. The highest BCUT2D eigenvalue weighted by Crippen LogP contribution is 2.46. The Morgan fingerprint density at radius 1 is 1.00 bits per heavy atom. The second-order valence-electron chi connectivity index (χ2n) is 16.3. The number of para-hydroxylation sites is 1. The monoisotopic (exact) mass is 806 g/mol. The number of hydrogen-bond donors (Lipinski definition) is 0. The summed E-state index contributed by atoms with van der Waals surface area (Å²) in [4.78, 5) is 35.7. The molecule has 1 aliphatic heterocycles. The highest BCUT2D eigenvalue weighted by Gasteiger charge is 2.43. The molecule has 0 radical (unpaired) electrons. The summed E-state index contributed by atoms with van der Waals surface area (Å²) in [6, 6.07) is 21.0. The first kappa shape index (κ1) is 42.4. The third kappa shape index (κ3) is 9.99. The van der Waals surface area contributed by atoms with Gasteiger partial charge in [-0.2, -0.15) is 0 Å². The lowest BCUT2D eigenvalue weighted by molar-refractivity contribution is -0.144. The van der Waals surface area contributed by atoms with Gasteiger partial charge in [-0.25, -0.2) is 4.98 Å². The molecule has 1 aliphatic rings. The number of halogens is 1. The van der Waals surface area contributed by atoms with E-state index in [-0.39, 0.29) is 29.9 Å². The van der Waals surface area contributed by atoms with Crippen LogP contribution in [0.3, 0.4) is 0 Å². The van der Waals surface area contributed by atoms with Crippen molar-refractivity contribution in [2.45, 2.75) is 90.6 Å². The third-order valence-corrected chi connectivity index (χ3v) is 16.3. The van der Waals surface area contributed by atoms with Crippen molar-refractivity contribution >= 4 is 48.8 Å². The predicted molar refractivity (Wildman–Crippen MR) is 222 cm³/mol. The van der Waals surface area contributed by atoms with E-state index < -0.39 is 31.9 Å². The molecular formula is C43H55ClN2O7SSi. The quantitative estimate of drug-likeness (QED) is 0.0866. The van der Waals surface area contributed by atoms with E-state index in [0.29, 0.717) is 52.4 Å². The number of thiazole rings is 1. The Labute approximate surface area is 336 Å². The van der Waals surface area contributed by atoms with E-state index in [0.717, 1.165) is 16.0 Å². The van der Waals surface area contributed by atoms with Crippen LogP contribution in [0.4, 0.5) is 5.69 Å². The predicted octanol–water partition coefficient (Wildman–Crippen LogP) is 9.81. The first-order chi connectivity index (χ1) is 26.0. The Hall–Kier alpha value is -3.74. The maximum absolute atomic E-state index is 15.0. The SMILES string of the molecule is CCOC(=O)C(Cc1ccccc1)c1cnc(C[C@H]2O[C@H](c3cccc(OC)c3OC)c3cc(Cl)ccc3N(CC(C)(C)CO[Si](C)(C)C(C)(C)C)C2=O)s1. The maximum Gasteiger partial charge on any atom is 0.314 e. The van der Waals surface area contributed by atoms with E-state index in [9.17, 15) is 4.79 Å². The van der Waals surface area contributed by atoms with Crippen molar-refractivity contribution in [3.63, 3.8) is 0 Å². The summed E-state index contributed by atoms with van der Waals surface area (Å²) in [5, 5.41) is 1.21. The van der Waals surface area contributed by atoms with Crippen LogP contribution in [-0.4, -0.2) is 65.3 Å². The van der Waals surface area contributed by atoms with Gasteiger partial charge in [0.1, 0.15) is 12.2 Å². The topological polar surface area (TPSA) is 96.4 Å². The minimum absolute atomic E-state index is 0.0345. The molecule has 1 unspecified atom stereocenters. The molecule has 3 aromatic carbocycles. The second-order valence-corrected chi connectivity index (χ2v) is 22.7. The highest BCUT2D eigenvalue weighted by molar-refractivity contribution is 7.11. The Balaban J connectivity index is 1.57.